The maximum absolute atomic E-state index is 5.71. The number of furan rings is 1. The van der Waals surface area contributed by atoms with Gasteiger partial charge in [-0.05, 0) is 24.6 Å². The third-order valence-corrected chi connectivity index (χ3v) is 2.37. The van der Waals surface area contributed by atoms with Crippen molar-refractivity contribution in [3.8, 4) is 0 Å². The van der Waals surface area contributed by atoms with E-state index in [1.54, 1.807) is 0 Å². The van der Waals surface area contributed by atoms with E-state index in [0.717, 1.165) is 11.3 Å². The summed E-state index contributed by atoms with van der Waals surface area (Å²) in [5.41, 5.74) is 2.29. The molecule has 0 atom stereocenters. The molecule has 0 aliphatic rings. The summed E-state index contributed by atoms with van der Waals surface area (Å²) in [5, 5.41) is 1.24. The summed E-state index contributed by atoms with van der Waals surface area (Å²) in [4.78, 5) is 0. The Morgan fingerprint density at radius 1 is 1.23 bits per heavy atom. The SMILES string of the molecule is Cc1cccc2oc(C(C)C)cc12. The number of benzene rings is 1. The lowest BCUT2D eigenvalue weighted by Crippen LogP contribution is -1.79. The van der Waals surface area contributed by atoms with Gasteiger partial charge in [-0.25, -0.2) is 0 Å². The summed E-state index contributed by atoms with van der Waals surface area (Å²) in [6.45, 7) is 6.40. The van der Waals surface area contributed by atoms with Crippen molar-refractivity contribution in [2.45, 2.75) is 26.7 Å². The summed E-state index contributed by atoms with van der Waals surface area (Å²) < 4.78 is 5.71. The van der Waals surface area contributed by atoms with Crippen LogP contribution in [-0.2, 0) is 0 Å². The van der Waals surface area contributed by atoms with Crippen LogP contribution >= 0.6 is 0 Å². The van der Waals surface area contributed by atoms with Crippen LogP contribution in [0, 0.1) is 6.92 Å². The minimum atomic E-state index is 0.465. The van der Waals surface area contributed by atoms with E-state index in [4.69, 9.17) is 4.42 Å². The molecular weight excluding hydrogens is 160 g/mol. The Kier molecular flexibility index (Phi) is 1.87. The van der Waals surface area contributed by atoms with Crippen LogP contribution in [-0.4, -0.2) is 0 Å². The predicted octanol–water partition coefficient (Wildman–Crippen LogP) is 3.86. The molecule has 0 aliphatic carbocycles. The third-order valence-electron chi connectivity index (χ3n) is 2.37. The molecule has 0 spiro atoms. The molecule has 0 amide bonds. The van der Waals surface area contributed by atoms with Gasteiger partial charge in [-0.15, -0.1) is 0 Å². The molecule has 0 radical (unpaired) electrons. The number of rotatable bonds is 1. The predicted molar refractivity (Wildman–Crippen MR) is 55.0 cm³/mol. The van der Waals surface area contributed by atoms with Crippen LogP contribution in [0.2, 0.25) is 0 Å². The van der Waals surface area contributed by atoms with Gasteiger partial charge in [0, 0.05) is 11.3 Å². The summed E-state index contributed by atoms with van der Waals surface area (Å²) in [6.07, 6.45) is 0. The average molecular weight is 174 g/mol. The van der Waals surface area contributed by atoms with Crippen LogP contribution in [0.3, 0.4) is 0 Å². The molecule has 2 rings (SSSR count). The topological polar surface area (TPSA) is 13.1 Å². The molecule has 0 saturated heterocycles. The molecule has 1 nitrogen and oxygen atoms in total. The highest BCUT2D eigenvalue weighted by Crippen LogP contribution is 2.26. The summed E-state index contributed by atoms with van der Waals surface area (Å²) in [6, 6.07) is 8.32. The van der Waals surface area contributed by atoms with E-state index < -0.39 is 0 Å². The van der Waals surface area contributed by atoms with Gasteiger partial charge < -0.3 is 4.42 Å². The van der Waals surface area contributed by atoms with Crippen molar-refractivity contribution in [1.82, 2.24) is 0 Å². The van der Waals surface area contributed by atoms with Crippen LogP contribution in [0.15, 0.2) is 28.7 Å². The molecule has 1 heteroatoms. The lowest BCUT2D eigenvalue weighted by molar-refractivity contribution is 0.522. The van der Waals surface area contributed by atoms with E-state index >= 15 is 0 Å². The third kappa shape index (κ3) is 1.35. The molecule has 2 aromatic rings. The Hall–Kier alpha value is -1.24. The van der Waals surface area contributed by atoms with Gasteiger partial charge in [-0.2, -0.15) is 0 Å². The van der Waals surface area contributed by atoms with Crippen molar-refractivity contribution in [2.75, 3.05) is 0 Å². The molecule has 0 bridgehead atoms. The van der Waals surface area contributed by atoms with Gasteiger partial charge in [-0.3, -0.25) is 0 Å². The Balaban J connectivity index is 2.68. The molecule has 0 unspecified atom stereocenters. The lowest BCUT2D eigenvalue weighted by atomic mass is 10.1. The van der Waals surface area contributed by atoms with E-state index in [1.165, 1.54) is 10.9 Å². The molecule has 13 heavy (non-hydrogen) atoms. The quantitative estimate of drug-likeness (QED) is 0.639. The number of hydrogen-bond acceptors (Lipinski definition) is 1. The number of fused-ring (bicyclic) bond motifs is 1. The van der Waals surface area contributed by atoms with Crippen LogP contribution in [0.4, 0.5) is 0 Å². The molecule has 0 aliphatic heterocycles. The van der Waals surface area contributed by atoms with Crippen LogP contribution in [0.5, 0.6) is 0 Å². The molecule has 0 N–H and O–H groups in total. The van der Waals surface area contributed by atoms with Gasteiger partial charge in [0.15, 0.2) is 0 Å². The van der Waals surface area contributed by atoms with Crippen molar-refractivity contribution in [2.24, 2.45) is 0 Å². The Labute approximate surface area is 78.4 Å². The molecule has 0 fully saturated rings. The summed E-state index contributed by atoms with van der Waals surface area (Å²) >= 11 is 0. The van der Waals surface area contributed by atoms with Gasteiger partial charge in [0.2, 0.25) is 0 Å². The van der Waals surface area contributed by atoms with Crippen molar-refractivity contribution in [3.63, 3.8) is 0 Å². The molecule has 1 aromatic heterocycles. The van der Waals surface area contributed by atoms with Gasteiger partial charge in [-0.1, -0.05) is 26.0 Å². The highest BCUT2D eigenvalue weighted by molar-refractivity contribution is 5.81. The second-order valence-corrected chi connectivity index (χ2v) is 3.79. The lowest BCUT2D eigenvalue weighted by Gasteiger charge is -1.95. The summed E-state index contributed by atoms with van der Waals surface area (Å²) in [5.74, 6) is 1.54. The normalized spacial score (nSPS) is 11.4. The Morgan fingerprint density at radius 2 is 2.00 bits per heavy atom. The molecule has 68 valence electrons. The zero-order valence-corrected chi connectivity index (χ0v) is 8.29. The van der Waals surface area contributed by atoms with E-state index in [0.29, 0.717) is 5.92 Å². The van der Waals surface area contributed by atoms with E-state index in [1.807, 2.05) is 12.1 Å². The monoisotopic (exact) mass is 174 g/mol. The van der Waals surface area contributed by atoms with Crippen LogP contribution in [0.25, 0.3) is 11.0 Å². The minimum Gasteiger partial charge on any atom is -0.461 e. The highest BCUT2D eigenvalue weighted by atomic mass is 16.3. The molecular formula is C12H14O. The van der Waals surface area contributed by atoms with Crippen molar-refractivity contribution >= 4 is 11.0 Å². The number of hydrogen-bond donors (Lipinski definition) is 0. The van der Waals surface area contributed by atoms with E-state index in [2.05, 4.69) is 32.9 Å². The first-order chi connectivity index (χ1) is 6.18. The second kappa shape index (κ2) is 2.91. The fourth-order valence-electron chi connectivity index (χ4n) is 1.51. The maximum Gasteiger partial charge on any atom is 0.134 e. The van der Waals surface area contributed by atoms with Crippen LogP contribution < -0.4 is 0 Å². The Morgan fingerprint density at radius 3 is 2.62 bits per heavy atom. The first kappa shape index (κ1) is 8.36. The van der Waals surface area contributed by atoms with Gasteiger partial charge >= 0.3 is 0 Å². The zero-order valence-electron chi connectivity index (χ0n) is 8.29. The van der Waals surface area contributed by atoms with Crippen molar-refractivity contribution in [1.29, 1.82) is 0 Å². The first-order valence-electron chi connectivity index (χ1n) is 4.67. The van der Waals surface area contributed by atoms with E-state index in [-0.39, 0.29) is 0 Å². The zero-order chi connectivity index (χ0) is 9.42. The second-order valence-electron chi connectivity index (χ2n) is 3.79. The van der Waals surface area contributed by atoms with Crippen molar-refractivity contribution < 1.29 is 4.42 Å². The molecule has 1 heterocycles. The van der Waals surface area contributed by atoms with Crippen molar-refractivity contribution in [3.05, 3.63) is 35.6 Å². The van der Waals surface area contributed by atoms with Gasteiger partial charge in [0.05, 0.1) is 0 Å². The highest BCUT2D eigenvalue weighted by Gasteiger charge is 2.07. The maximum atomic E-state index is 5.71. The smallest absolute Gasteiger partial charge is 0.134 e. The van der Waals surface area contributed by atoms with E-state index in [9.17, 15) is 0 Å². The number of aryl methyl sites for hydroxylation is 1. The molecule has 1 aromatic carbocycles. The average Bonchev–Trinajstić information content (AvgIpc) is 2.49. The minimum absolute atomic E-state index is 0.465. The summed E-state index contributed by atoms with van der Waals surface area (Å²) in [7, 11) is 0. The van der Waals surface area contributed by atoms with Gasteiger partial charge in [0.1, 0.15) is 11.3 Å². The molecule has 0 saturated carbocycles. The fraction of sp³-hybridized carbons (Fsp3) is 0.333. The largest absolute Gasteiger partial charge is 0.461 e. The standard InChI is InChI=1S/C12H14O/c1-8(2)12-7-10-9(3)5-4-6-11(10)13-12/h4-8H,1-3H3. The first-order valence-corrected chi connectivity index (χ1v) is 4.67. The Bertz CT molecular complexity index is 424. The van der Waals surface area contributed by atoms with Crippen LogP contribution in [0.1, 0.15) is 31.1 Å². The fourth-order valence-corrected chi connectivity index (χ4v) is 1.51. The van der Waals surface area contributed by atoms with Gasteiger partial charge in [0.25, 0.3) is 0 Å².